The van der Waals surface area contributed by atoms with Crippen LogP contribution in [-0.2, 0) is 4.79 Å². The van der Waals surface area contributed by atoms with Gasteiger partial charge in [0.1, 0.15) is 5.82 Å². The molecule has 0 fully saturated rings. The van der Waals surface area contributed by atoms with E-state index in [1.54, 1.807) is 6.08 Å². The first-order chi connectivity index (χ1) is 8.00. The SMILES string of the molecule is CC(=O)NCCC=Cc1c(Cl)cc(F)cc1Cl. The summed E-state index contributed by atoms with van der Waals surface area (Å²) in [6, 6.07) is 2.42. The van der Waals surface area contributed by atoms with E-state index in [-0.39, 0.29) is 16.0 Å². The Morgan fingerprint density at radius 2 is 2.00 bits per heavy atom. The van der Waals surface area contributed by atoms with E-state index >= 15 is 0 Å². The minimum atomic E-state index is -0.463. The first-order valence-electron chi connectivity index (χ1n) is 5.06. The van der Waals surface area contributed by atoms with Gasteiger partial charge in [0.2, 0.25) is 5.91 Å². The van der Waals surface area contributed by atoms with E-state index < -0.39 is 5.82 Å². The molecule has 1 amide bonds. The largest absolute Gasteiger partial charge is 0.356 e. The summed E-state index contributed by atoms with van der Waals surface area (Å²) in [5.74, 6) is -0.536. The summed E-state index contributed by atoms with van der Waals surface area (Å²) in [6.07, 6.45) is 4.19. The van der Waals surface area contributed by atoms with Crippen LogP contribution in [0.3, 0.4) is 0 Å². The van der Waals surface area contributed by atoms with Crippen molar-refractivity contribution in [1.29, 1.82) is 0 Å². The van der Waals surface area contributed by atoms with Crippen molar-refractivity contribution in [2.45, 2.75) is 13.3 Å². The lowest BCUT2D eigenvalue weighted by Crippen LogP contribution is -2.20. The molecular formula is C12H12Cl2FNO. The van der Waals surface area contributed by atoms with E-state index in [2.05, 4.69) is 5.32 Å². The third kappa shape index (κ3) is 4.75. The molecule has 0 aromatic heterocycles. The highest BCUT2D eigenvalue weighted by Crippen LogP contribution is 2.27. The Bertz CT molecular complexity index is 423. The molecule has 0 unspecified atom stereocenters. The Hall–Kier alpha value is -1.06. The molecule has 92 valence electrons. The van der Waals surface area contributed by atoms with Crippen molar-refractivity contribution in [2.24, 2.45) is 0 Å². The van der Waals surface area contributed by atoms with Gasteiger partial charge >= 0.3 is 0 Å². The fraction of sp³-hybridized carbons (Fsp3) is 0.250. The van der Waals surface area contributed by atoms with Crippen molar-refractivity contribution >= 4 is 35.2 Å². The number of amides is 1. The molecule has 0 aliphatic carbocycles. The second-order valence-corrected chi connectivity index (χ2v) is 4.27. The molecule has 0 aliphatic heterocycles. The quantitative estimate of drug-likeness (QED) is 0.835. The van der Waals surface area contributed by atoms with Crippen LogP contribution < -0.4 is 5.32 Å². The van der Waals surface area contributed by atoms with Gasteiger partial charge in [-0.1, -0.05) is 35.4 Å². The maximum absolute atomic E-state index is 12.9. The van der Waals surface area contributed by atoms with Crippen molar-refractivity contribution < 1.29 is 9.18 Å². The van der Waals surface area contributed by atoms with Crippen molar-refractivity contribution in [3.05, 3.63) is 39.6 Å². The van der Waals surface area contributed by atoms with Gasteiger partial charge < -0.3 is 5.32 Å². The molecule has 17 heavy (non-hydrogen) atoms. The predicted octanol–water partition coefficient (Wildman–Crippen LogP) is 3.67. The standard InChI is InChI=1S/C12H12Cl2FNO/c1-8(17)16-5-3-2-4-10-11(13)6-9(15)7-12(10)14/h2,4,6-7H,3,5H2,1H3,(H,16,17). The Balaban J connectivity index is 2.62. The first kappa shape index (κ1) is 14.0. The van der Waals surface area contributed by atoms with E-state index in [1.165, 1.54) is 19.1 Å². The van der Waals surface area contributed by atoms with E-state index in [4.69, 9.17) is 23.2 Å². The molecule has 0 bridgehead atoms. The summed E-state index contributed by atoms with van der Waals surface area (Å²) >= 11 is 11.7. The van der Waals surface area contributed by atoms with Crippen LogP contribution in [0.1, 0.15) is 18.9 Å². The number of hydrogen-bond acceptors (Lipinski definition) is 1. The van der Waals surface area contributed by atoms with E-state index in [0.717, 1.165) is 0 Å². The van der Waals surface area contributed by atoms with Crippen LogP contribution in [0.15, 0.2) is 18.2 Å². The fourth-order valence-electron chi connectivity index (χ4n) is 1.25. The zero-order valence-electron chi connectivity index (χ0n) is 9.27. The van der Waals surface area contributed by atoms with Crippen LogP contribution in [0.5, 0.6) is 0 Å². The van der Waals surface area contributed by atoms with Gasteiger partial charge in [0.15, 0.2) is 0 Å². The summed E-state index contributed by atoms with van der Waals surface area (Å²) in [6.45, 7) is 2.00. The molecule has 1 aromatic rings. The molecule has 5 heteroatoms. The summed E-state index contributed by atoms with van der Waals surface area (Å²) in [5.41, 5.74) is 0.581. The van der Waals surface area contributed by atoms with Gasteiger partial charge in [-0.05, 0) is 18.6 Å². The number of halogens is 3. The molecule has 1 aromatic carbocycles. The number of carbonyl (C=O) groups is 1. The van der Waals surface area contributed by atoms with Crippen LogP contribution in [-0.4, -0.2) is 12.5 Å². The van der Waals surface area contributed by atoms with Crippen molar-refractivity contribution in [1.82, 2.24) is 5.32 Å². The first-order valence-corrected chi connectivity index (χ1v) is 5.82. The van der Waals surface area contributed by atoms with Gasteiger partial charge in [-0.25, -0.2) is 4.39 Å². The van der Waals surface area contributed by atoms with Gasteiger partial charge in [0, 0.05) is 19.0 Å². The Morgan fingerprint density at radius 1 is 1.41 bits per heavy atom. The lowest BCUT2D eigenvalue weighted by Gasteiger charge is -2.02. The molecule has 0 saturated heterocycles. The highest BCUT2D eigenvalue weighted by atomic mass is 35.5. The molecule has 2 nitrogen and oxygen atoms in total. The minimum absolute atomic E-state index is 0.0729. The van der Waals surface area contributed by atoms with Crippen LogP contribution in [0, 0.1) is 5.82 Å². The van der Waals surface area contributed by atoms with Gasteiger partial charge in [-0.3, -0.25) is 4.79 Å². The second kappa shape index (κ2) is 6.62. The van der Waals surface area contributed by atoms with Crippen LogP contribution in [0.4, 0.5) is 4.39 Å². The zero-order chi connectivity index (χ0) is 12.8. The second-order valence-electron chi connectivity index (χ2n) is 3.46. The van der Waals surface area contributed by atoms with Gasteiger partial charge in [0.05, 0.1) is 10.0 Å². The maximum atomic E-state index is 12.9. The molecule has 1 N–H and O–H groups in total. The smallest absolute Gasteiger partial charge is 0.216 e. The lowest BCUT2D eigenvalue weighted by molar-refractivity contribution is -0.118. The van der Waals surface area contributed by atoms with Crippen molar-refractivity contribution in [3.63, 3.8) is 0 Å². The maximum Gasteiger partial charge on any atom is 0.216 e. The molecule has 0 aliphatic rings. The van der Waals surface area contributed by atoms with E-state index in [0.29, 0.717) is 18.5 Å². The number of hydrogen-bond donors (Lipinski definition) is 1. The van der Waals surface area contributed by atoms with Crippen molar-refractivity contribution in [2.75, 3.05) is 6.54 Å². The molecule has 0 radical (unpaired) electrons. The third-order valence-corrected chi connectivity index (χ3v) is 2.64. The minimum Gasteiger partial charge on any atom is -0.356 e. The summed E-state index contributed by atoms with van der Waals surface area (Å²) in [4.78, 5) is 10.6. The van der Waals surface area contributed by atoms with E-state index in [9.17, 15) is 9.18 Å². The Kier molecular flexibility index (Phi) is 5.45. The number of nitrogens with one attached hydrogen (secondary N) is 1. The van der Waals surface area contributed by atoms with E-state index in [1.807, 2.05) is 6.08 Å². The predicted molar refractivity (Wildman–Crippen MR) is 68.8 cm³/mol. The van der Waals surface area contributed by atoms with Crippen LogP contribution >= 0.6 is 23.2 Å². The molecule has 1 rings (SSSR count). The summed E-state index contributed by atoms with van der Waals surface area (Å²) < 4.78 is 12.9. The Morgan fingerprint density at radius 3 is 2.53 bits per heavy atom. The fourth-order valence-corrected chi connectivity index (χ4v) is 1.83. The summed E-state index contributed by atoms with van der Waals surface area (Å²) in [7, 11) is 0. The zero-order valence-corrected chi connectivity index (χ0v) is 10.8. The molecule has 0 heterocycles. The lowest BCUT2D eigenvalue weighted by atomic mass is 10.2. The molecule has 0 spiro atoms. The van der Waals surface area contributed by atoms with Gasteiger partial charge in [-0.15, -0.1) is 0 Å². The van der Waals surface area contributed by atoms with Gasteiger partial charge in [-0.2, -0.15) is 0 Å². The monoisotopic (exact) mass is 275 g/mol. The van der Waals surface area contributed by atoms with Gasteiger partial charge in [0.25, 0.3) is 0 Å². The average Bonchev–Trinajstić information content (AvgIpc) is 2.20. The number of benzene rings is 1. The summed E-state index contributed by atoms with van der Waals surface area (Å²) in [5, 5.41) is 3.19. The Labute approximate surface area is 109 Å². The number of rotatable bonds is 4. The number of carbonyl (C=O) groups excluding carboxylic acids is 1. The molecular weight excluding hydrogens is 264 g/mol. The topological polar surface area (TPSA) is 29.1 Å². The normalized spacial score (nSPS) is 10.8. The highest BCUT2D eigenvalue weighted by Gasteiger charge is 2.04. The van der Waals surface area contributed by atoms with Crippen LogP contribution in [0.25, 0.3) is 6.08 Å². The van der Waals surface area contributed by atoms with Crippen LogP contribution in [0.2, 0.25) is 10.0 Å². The van der Waals surface area contributed by atoms with Crippen molar-refractivity contribution in [3.8, 4) is 0 Å². The molecule has 0 saturated carbocycles. The highest BCUT2D eigenvalue weighted by molar-refractivity contribution is 6.37. The molecule has 0 atom stereocenters. The third-order valence-electron chi connectivity index (χ3n) is 2.01. The average molecular weight is 276 g/mol.